The van der Waals surface area contributed by atoms with Gasteiger partial charge in [0.25, 0.3) is 0 Å². The fourth-order valence-corrected chi connectivity index (χ4v) is 2.72. The maximum atomic E-state index is 12.0. The molecule has 2 rings (SSSR count). The summed E-state index contributed by atoms with van der Waals surface area (Å²) in [6.45, 7) is -0.984. The van der Waals surface area contributed by atoms with Gasteiger partial charge in [0.15, 0.2) is 0 Å². The Morgan fingerprint density at radius 2 is 1.73 bits per heavy atom. The molecule has 0 fully saturated rings. The van der Waals surface area contributed by atoms with E-state index in [1.807, 2.05) is 24.3 Å². The molecule has 0 spiro atoms. The first-order chi connectivity index (χ1) is 12.3. The molecule has 7 heteroatoms. The van der Waals surface area contributed by atoms with Gasteiger partial charge < -0.3 is 10.1 Å². The van der Waals surface area contributed by atoms with Crippen molar-refractivity contribution in [2.45, 2.75) is 32.2 Å². The SMILES string of the molecule is O=C(CCc1cccc(Br)c1)NCc1ccc(COCC(F)(F)F)cc1. The topological polar surface area (TPSA) is 38.3 Å². The molecule has 140 valence electrons. The van der Waals surface area contributed by atoms with E-state index >= 15 is 0 Å². The Morgan fingerprint density at radius 1 is 1.04 bits per heavy atom. The fraction of sp³-hybridized carbons (Fsp3) is 0.316. The summed E-state index contributed by atoms with van der Waals surface area (Å²) in [5.74, 6) is -0.0532. The van der Waals surface area contributed by atoms with Crippen molar-refractivity contribution in [3.63, 3.8) is 0 Å². The second-order valence-corrected chi connectivity index (χ2v) is 6.75. The Kier molecular flexibility index (Phi) is 7.66. The number of alkyl halides is 3. The van der Waals surface area contributed by atoms with E-state index in [9.17, 15) is 18.0 Å². The minimum atomic E-state index is -4.32. The van der Waals surface area contributed by atoms with Gasteiger partial charge in [0, 0.05) is 17.4 Å². The molecule has 3 nitrogen and oxygen atoms in total. The minimum absolute atomic E-state index is 0.0532. The van der Waals surface area contributed by atoms with Crippen molar-refractivity contribution in [2.24, 2.45) is 0 Å². The lowest BCUT2D eigenvalue weighted by atomic mass is 10.1. The highest BCUT2D eigenvalue weighted by Crippen LogP contribution is 2.16. The summed E-state index contributed by atoms with van der Waals surface area (Å²) < 4.78 is 41.7. The number of benzene rings is 2. The molecular weight excluding hydrogens is 411 g/mol. The zero-order valence-electron chi connectivity index (χ0n) is 14.0. The Bertz CT molecular complexity index is 717. The van der Waals surface area contributed by atoms with Crippen LogP contribution in [0, 0.1) is 0 Å². The number of hydrogen-bond donors (Lipinski definition) is 1. The number of halogens is 4. The Hall–Kier alpha value is -1.86. The Labute approximate surface area is 158 Å². The van der Waals surface area contributed by atoms with Gasteiger partial charge in [-0.2, -0.15) is 13.2 Å². The smallest absolute Gasteiger partial charge is 0.367 e. The third-order valence-corrected chi connectivity index (χ3v) is 4.07. The lowest BCUT2D eigenvalue weighted by molar-refractivity contribution is -0.176. The molecule has 1 N–H and O–H groups in total. The third-order valence-electron chi connectivity index (χ3n) is 3.58. The van der Waals surface area contributed by atoms with Gasteiger partial charge in [-0.15, -0.1) is 0 Å². The zero-order valence-corrected chi connectivity index (χ0v) is 15.6. The van der Waals surface area contributed by atoms with E-state index in [1.54, 1.807) is 24.3 Å². The van der Waals surface area contributed by atoms with Gasteiger partial charge >= 0.3 is 6.18 Å². The normalized spacial score (nSPS) is 11.4. The average Bonchev–Trinajstić information content (AvgIpc) is 2.58. The maximum absolute atomic E-state index is 12.0. The fourth-order valence-electron chi connectivity index (χ4n) is 2.28. The van der Waals surface area contributed by atoms with E-state index in [0.717, 1.165) is 15.6 Å². The van der Waals surface area contributed by atoms with Crippen molar-refractivity contribution in [1.29, 1.82) is 0 Å². The molecule has 0 heterocycles. The first kappa shape index (κ1) is 20.5. The molecule has 0 radical (unpaired) electrons. The van der Waals surface area contributed by atoms with Crippen molar-refractivity contribution >= 4 is 21.8 Å². The van der Waals surface area contributed by atoms with E-state index < -0.39 is 12.8 Å². The van der Waals surface area contributed by atoms with Crippen LogP contribution in [0.4, 0.5) is 13.2 Å². The number of carbonyl (C=O) groups is 1. The molecule has 0 aliphatic heterocycles. The average molecular weight is 430 g/mol. The van der Waals surface area contributed by atoms with Crippen LogP contribution in [0.3, 0.4) is 0 Å². The maximum Gasteiger partial charge on any atom is 0.411 e. The van der Waals surface area contributed by atoms with Gasteiger partial charge in [-0.1, -0.05) is 52.3 Å². The van der Waals surface area contributed by atoms with E-state index in [1.165, 1.54) is 0 Å². The molecule has 2 aromatic rings. The highest BCUT2D eigenvalue weighted by molar-refractivity contribution is 9.10. The lowest BCUT2D eigenvalue weighted by Crippen LogP contribution is -2.23. The van der Waals surface area contributed by atoms with Crippen molar-refractivity contribution in [1.82, 2.24) is 5.32 Å². The quantitative estimate of drug-likeness (QED) is 0.655. The predicted molar refractivity (Wildman–Crippen MR) is 96.5 cm³/mol. The van der Waals surface area contributed by atoms with E-state index in [4.69, 9.17) is 0 Å². The minimum Gasteiger partial charge on any atom is -0.367 e. The van der Waals surface area contributed by atoms with Gasteiger partial charge in [-0.25, -0.2) is 0 Å². The highest BCUT2D eigenvalue weighted by Gasteiger charge is 2.27. The van der Waals surface area contributed by atoms with Crippen molar-refractivity contribution in [2.75, 3.05) is 6.61 Å². The number of amides is 1. The molecular formula is C19H19BrF3NO2. The van der Waals surface area contributed by atoms with Crippen LogP contribution >= 0.6 is 15.9 Å². The molecule has 0 saturated heterocycles. The van der Waals surface area contributed by atoms with Crippen LogP contribution in [0.15, 0.2) is 53.0 Å². The van der Waals surface area contributed by atoms with Gasteiger partial charge in [0.05, 0.1) is 6.61 Å². The molecule has 0 saturated carbocycles. The van der Waals surface area contributed by atoms with Gasteiger partial charge in [0.1, 0.15) is 6.61 Å². The van der Waals surface area contributed by atoms with Crippen LogP contribution in [0.1, 0.15) is 23.1 Å². The highest BCUT2D eigenvalue weighted by atomic mass is 79.9. The summed E-state index contributed by atoms with van der Waals surface area (Å²) >= 11 is 3.40. The van der Waals surface area contributed by atoms with E-state index in [2.05, 4.69) is 26.0 Å². The first-order valence-corrected chi connectivity index (χ1v) is 8.84. The molecule has 0 atom stereocenters. The second-order valence-electron chi connectivity index (χ2n) is 5.83. The molecule has 0 aliphatic rings. The molecule has 0 bridgehead atoms. The number of rotatable bonds is 8. The number of carbonyl (C=O) groups excluding carboxylic acids is 1. The summed E-state index contributed by atoms with van der Waals surface area (Å²) in [5, 5.41) is 2.84. The first-order valence-electron chi connectivity index (χ1n) is 8.05. The second kappa shape index (κ2) is 9.73. The van der Waals surface area contributed by atoms with Gasteiger partial charge in [0.2, 0.25) is 5.91 Å². The summed E-state index contributed by atoms with van der Waals surface area (Å²) in [4.78, 5) is 11.9. The lowest BCUT2D eigenvalue weighted by Gasteiger charge is -2.09. The summed E-state index contributed by atoms with van der Waals surface area (Å²) in [6.07, 6.45) is -3.28. The summed E-state index contributed by atoms with van der Waals surface area (Å²) in [6, 6.07) is 14.7. The van der Waals surface area contributed by atoms with Crippen molar-refractivity contribution in [3.05, 3.63) is 69.7 Å². The largest absolute Gasteiger partial charge is 0.411 e. The zero-order chi connectivity index (χ0) is 19.0. The summed E-state index contributed by atoms with van der Waals surface area (Å²) in [7, 11) is 0. The van der Waals surface area contributed by atoms with Gasteiger partial charge in [-0.05, 0) is 35.2 Å². The molecule has 2 aromatic carbocycles. The molecule has 1 amide bonds. The molecule has 0 unspecified atom stereocenters. The Balaban J connectivity index is 1.70. The Morgan fingerprint density at radius 3 is 2.38 bits per heavy atom. The predicted octanol–water partition coefficient (Wildman–Crippen LogP) is 4.78. The monoisotopic (exact) mass is 429 g/mol. The van der Waals surface area contributed by atoms with Crippen LogP contribution in [-0.2, 0) is 29.1 Å². The molecule has 0 aromatic heterocycles. The molecule has 26 heavy (non-hydrogen) atoms. The summed E-state index contributed by atoms with van der Waals surface area (Å²) in [5.41, 5.74) is 2.61. The van der Waals surface area contributed by atoms with Crippen LogP contribution < -0.4 is 5.32 Å². The van der Waals surface area contributed by atoms with E-state index in [0.29, 0.717) is 24.9 Å². The number of aryl methyl sites for hydroxylation is 1. The standard InChI is InChI=1S/C19H19BrF3NO2/c20-17-3-1-2-14(10-17)8-9-18(25)24-11-15-4-6-16(7-5-15)12-26-13-19(21,22)23/h1-7,10H,8-9,11-13H2,(H,24,25). The molecule has 0 aliphatic carbocycles. The van der Waals surface area contributed by atoms with Crippen LogP contribution in [0.25, 0.3) is 0 Å². The van der Waals surface area contributed by atoms with Crippen LogP contribution in [0.2, 0.25) is 0 Å². The van der Waals surface area contributed by atoms with Crippen LogP contribution in [0.5, 0.6) is 0 Å². The van der Waals surface area contributed by atoms with E-state index in [-0.39, 0.29) is 12.5 Å². The van der Waals surface area contributed by atoms with Crippen LogP contribution in [-0.4, -0.2) is 18.7 Å². The van der Waals surface area contributed by atoms with Crippen molar-refractivity contribution < 1.29 is 22.7 Å². The number of nitrogens with one attached hydrogen (secondary N) is 1. The van der Waals surface area contributed by atoms with Gasteiger partial charge in [-0.3, -0.25) is 4.79 Å². The third kappa shape index (κ3) is 8.01. The number of ether oxygens (including phenoxy) is 1. The number of hydrogen-bond acceptors (Lipinski definition) is 2. The van der Waals surface area contributed by atoms with Crippen molar-refractivity contribution in [3.8, 4) is 0 Å².